The Bertz CT molecular complexity index is 803. The molecular formula is C21H19F3O2. The van der Waals surface area contributed by atoms with E-state index in [1.807, 2.05) is 6.92 Å². The molecule has 2 aromatic rings. The molecular weight excluding hydrogens is 341 g/mol. The van der Waals surface area contributed by atoms with Gasteiger partial charge < -0.3 is 9.47 Å². The first-order chi connectivity index (χ1) is 12.2. The normalized spacial score (nSPS) is 11.4. The molecule has 0 aromatic heterocycles. The Hall–Kier alpha value is -2.95. The summed E-state index contributed by atoms with van der Waals surface area (Å²) in [5, 5.41) is 0. The average molecular weight is 360 g/mol. The summed E-state index contributed by atoms with van der Waals surface area (Å²) in [6.07, 6.45) is -0.850. The number of alkyl halides is 3. The molecule has 0 bridgehead atoms. The SMILES string of the molecule is C=C(C)/C=C\C(=C)Oc1cccc(OCc2ccc(C(F)(F)F)cc2)c1. The number of hydrogen-bond donors (Lipinski definition) is 0. The molecule has 0 unspecified atom stereocenters. The maximum absolute atomic E-state index is 12.6. The Morgan fingerprint density at radius 1 is 1.00 bits per heavy atom. The fraction of sp³-hybridized carbons (Fsp3) is 0.143. The Morgan fingerprint density at radius 3 is 2.27 bits per heavy atom. The third-order valence-corrected chi connectivity index (χ3v) is 3.29. The van der Waals surface area contributed by atoms with Gasteiger partial charge in [-0.15, -0.1) is 0 Å². The van der Waals surface area contributed by atoms with Crippen molar-refractivity contribution in [3.8, 4) is 11.5 Å². The summed E-state index contributed by atoms with van der Waals surface area (Å²) in [7, 11) is 0. The number of hydrogen-bond acceptors (Lipinski definition) is 2. The van der Waals surface area contributed by atoms with E-state index in [0.29, 0.717) is 22.8 Å². The van der Waals surface area contributed by atoms with E-state index in [0.717, 1.165) is 17.7 Å². The number of halogens is 3. The van der Waals surface area contributed by atoms with Crippen molar-refractivity contribution in [2.24, 2.45) is 0 Å². The fourth-order valence-electron chi connectivity index (χ4n) is 2.00. The fourth-order valence-corrected chi connectivity index (χ4v) is 2.00. The molecule has 0 fully saturated rings. The Balaban J connectivity index is 1.96. The number of benzene rings is 2. The van der Waals surface area contributed by atoms with Crippen LogP contribution in [0.5, 0.6) is 11.5 Å². The molecule has 0 spiro atoms. The highest BCUT2D eigenvalue weighted by Crippen LogP contribution is 2.29. The zero-order valence-corrected chi connectivity index (χ0v) is 14.3. The third kappa shape index (κ3) is 6.16. The molecule has 0 amide bonds. The molecule has 0 N–H and O–H groups in total. The largest absolute Gasteiger partial charge is 0.489 e. The first kappa shape index (κ1) is 19.4. The molecule has 2 aromatic carbocycles. The second-order valence-electron chi connectivity index (χ2n) is 5.71. The summed E-state index contributed by atoms with van der Waals surface area (Å²) in [5.74, 6) is 1.54. The summed E-state index contributed by atoms with van der Waals surface area (Å²) in [6, 6.07) is 11.8. The van der Waals surface area contributed by atoms with Crippen LogP contribution >= 0.6 is 0 Å². The first-order valence-corrected chi connectivity index (χ1v) is 7.83. The van der Waals surface area contributed by atoms with Crippen LogP contribution in [0.1, 0.15) is 18.1 Å². The molecule has 5 heteroatoms. The van der Waals surface area contributed by atoms with Crippen molar-refractivity contribution in [1.82, 2.24) is 0 Å². The summed E-state index contributed by atoms with van der Waals surface area (Å²) >= 11 is 0. The molecule has 0 saturated heterocycles. The molecule has 0 aliphatic rings. The molecule has 0 aliphatic carbocycles. The predicted octanol–water partition coefficient (Wildman–Crippen LogP) is 6.31. The van der Waals surface area contributed by atoms with E-state index in [1.165, 1.54) is 12.1 Å². The van der Waals surface area contributed by atoms with E-state index in [-0.39, 0.29) is 6.61 Å². The van der Waals surface area contributed by atoms with Gasteiger partial charge in [0.05, 0.1) is 5.56 Å². The van der Waals surface area contributed by atoms with E-state index < -0.39 is 11.7 Å². The number of allylic oxidation sites excluding steroid dienone is 3. The van der Waals surface area contributed by atoms with Crippen LogP contribution in [0.15, 0.2) is 85.2 Å². The van der Waals surface area contributed by atoms with Gasteiger partial charge in [0, 0.05) is 6.07 Å². The first-order valence-electron chi connectivity index (χ1n) is 7.83. The van der Waals surface area contributed by atoms with Crippen LogP contribution in [0.3, 0.4) is 0 Å². The van der Waals surface area contributed by atoms with E-state index in [1.54, 1.807) is 36.4 Å². The molecule has 136 valence electrons. The smallest absolute Gasteiger partial charge is 0.416 e. The van der Waals surface area contributed by atoms with Gasteiger partial charge in [-0.05, 0) is 42.8 Å². The lowest BCUT2D eigenvalue weighted by molar-refractivity contribution is -0.137. The minimum atomic E-state index is -4.34. The van der Waals surface area contributed by atoms with Gasteiger partial charge in [0.2, 0.25) is 0 Å². The highest BCUT2D eigenvalue weighted by atomic mass is 19.4. The van der Waals surface area contributed by atoms with E-state index in [4.69, 9.17) is 9.47 Å². The lowest BCUT2D eigenvalue weighted by Gasteiger charge is -2.10. The lowest BCUT2D eigenvalue weighted by atomic mass is 10.1. The Labute approximate surface area is 150 Å². The minimum Gasteiger partial charge on any atom is -0.489 e. The van der Waals surface area contributed by atoms with Gasteiger partial charge in [0.1, 0.15) is 23.9 Å². The van der Waals surface area contributed by atoms with Crippen molar-refractivity contribution in [2.45, 2.75) is 19.7 Å². The van der Waals surface area contributed by atoms with Crippen molar-refractivity contribution < 1.29 is 22.6 Å². The topological polar surface area (TPSA) is 18.5 Å². The second kappa shape index (κ2) is 8.43. The van der Waals surface area contributed by atoms with E-state index in [2.05, 4.69) is 13.2 Å². The molecule has 2 nitrogen and oxygen atoms in total. The number of rotatable bonds is 7. The van der Waals surface area contributed by atoms with Crippen molar-refractivity contribution in [1.29, 1.82) is 0 Å². The Kier molecular flexibility index (Phi) is 6.28. The molecule has 0 saturated carbocycles. The van der Waals surface area contributed by atoms with Gasteiger partial charge in [-0.25, -0.2) is 0 Å². The van der Waals surface area contributed by atoms with Crippen LogP contribution in [-0.2, 0) is 12.8 Å². The molecule has 2 rings (SSSR count). The zero-order valence-electron chi connectivity index (χ0n) is 14.3. The maximum atomic E-state index is 12.6. The van der Waals surface area contributed by atoms with Gasteiger partial charge in [-0.2, -0.15) is 13.2 Å². The van der Waals surface area contributed by atoms with Crippen LogP contribution in [0.2, 0.25) is 0 Å². The molecule has 0 radical (unpaired) electrons. The van der Waals surface area contributed by atoms with Crippen molar-refractivity contribution in [2.75, 3.05) is 0 Å². The van der Waals surface area contributed by atoms with Crippen LogP contribution in [0.4, 0.5) is 13.2 Å². The van der Waals surface area contributed by atoms with Gasteiger partial charge in [0.25, 0.3) is 0 Å². The van der Waals surface area contributed by atoms with Crippen molar-refractivity contribution in [3.63, 3.8) is 0 Å². The molecule has 26 heavy (non-hydrogen) atoms. The Morgan fingerprint density at radius 2 is 1.65 bits per heavy atom. The standard InChI is InChI=1S/C21H19F3O2/c1-15(2)7-8-16(3)26-20-6-4-5-19(13-20)25-14-17-9-11-18(12-10-17)21(22,23)24/h4-13H,1,3,14H2,2H3/b8-7-. The van der Waals surface area contributed by atoms with Gasteiger partial charge in [-0.1, -0.05) is 43.0 Å². The van der Waals surface area contributed by atoms with E-state index >= 15 is 0 Å². The number of ether oxygens (including phenoxy) is 2. The zero-order chi connectivity index (χ0) is 19.2. The average Bonchev–Trinajstić information content (AvgIpc) is 2.58. The maximum Gasteiger partial charge on any atom is 0.416 e. The predicted molar refractivity (Wildman–Crippen MR) is 95.9 cm³/mol. The van der Waals surface area contributed by atoms with E-state index in [9.17, 15) is 13.2 Å². The molecule has 0 atom stereocenters. The summed E-state index contributed by atoms with van der Waals surface area (Å²) in [6.45, 7) is 9.56. The van der Waals surface area contributed by atoms with Crippen LogP contribution < -0.4 is 9.47 Å². The lowest BCUT2D eigenvalue weighted by Crippen LogP contribution is -2.05. The summed E-state index contributed by atoms with van der Waals surface area (Å²) < 4.78 is 48.9. The van der Waals surface area contributed by atoms with Crippen molar-refractivity contribution >= 4 is 0 Å². The van der Waals surface area contributed by atoms with Gasteiger partial charge >= 0.3 is 6.18 Å². The quantitative estimate of drug-likeness (QED) is 0.425. The third-order valence-electron chi connectivity index (χ3n) is 3.29. The summed E-state index contributed by atoms with van der Waals surface area (Å²) in [5.41, 5.74) is 0.833. The van der Waals surface area contributed by atoms with Gasteiger partial charge in [0.15, 0.2) is 0 Å². The molecule has 0 heterocycles. The van der Waals surface area contributed by atoms with Crippen LogP contribution in [0.25, 0.3) is 0 Å². The monoisotopic (exact) mass is 360 g/mol. The summed E-state index contributed by atoms with van der Waals surface area (Å²) in [4.78, 5) is 0. The second-order valence-corrected chi connectivity index (χ2v) is 5.71. The van der Waals surface area contributed by atoms with Gasteiger partial charge in [-0.3, -0.25) is 0 Å². The highest BCUT2D eigenvalue weighted by Gasteiger charge is 2.29. The van der Waals surface area contributed by atoms with Crippen molar-refractivity contribution in [3.05, 3.63) is 96.3 Å². The minimum absolute atomic E-state index is 0.151. The highest BCUT2D eigenvalue weighted by molar-refractivity contribution is 5.35. The van der Waals surface area contributed by atoms with Crippen LogP contribution in [-0.4, -0.2) is 0 Å². The molecule has 0 aliphatic heterocycles. The van der Waals surface area contributed by atoms with Crippen LogP contribution in [0, 0.1) is 0 Å².